The van der Waals surface area contributed by atoms with Crippen molar-refractivity contribution in [2.24, 2.45) is 0 Å². The lowest BCUT2D eigenvalue weighted by atomic mass is 9.87. The van der Waals surface area contributed by atoms with Gasteiger partial charge < -0.3 is 15.0 Å². The predicted octanol–water partition coefficient (Wildman–Crippen LogP) is 6.00. The minimum atomic E-state index is -0.727. The number of rotatable bonds is 7. The fourth-order valence-corrected chi connectivity index (χ4v) is 3.64. The molecule has 2 rings (SSSR count). The monoisotopic (exact) mass is 492 g/mol. The Morgan fingerprint density at radius 1 is 1.00 bits per heavy atom. The van der Waals surface area contributed by atoms with Gasteiger partial charge in [-0.2, -0.15) is 0 Å². The molecule has 180 valence electrons. The number of nitrogens with zero attached hydrogens (tertiary/aromatic N) is 1. The third-order valence-electron chi connectivity index (χ3n) is 5.10. The second kappa shape index (κ2) is 10.8. The second-order valence-electron chi connectivity index (χ2n) is 10.2. The van der Waals surface area contributed by atoms with Crippen molar-refractivity contribution in [2.75, 3.05) is 6.61 Å². The number of benzene rings is 2. The topological polar surface area (TPSA) is 58.6 Å². The van der Waals surface area contributed by atoms with Crippen molar-refractivity contribution < 1.29 is 14.3 Å². The molecule has 7 heteroatoms. The van der Waals surface area contributed by atoms with Gasteiger partial charge in [-0.05, 0) is 68.5 Å². The van der Waals surface area contributed by atoms with Crippen molar-refractivity contribution >= 4 is 35.0 Å². The molecule has 0 aliphatic rings. The first-order valence-corrected chi connectivity index (χ1v) is 11.7. The van der Waals surface area contributed by atoms with E-state index in [1.54, 1.807) is 25.1 Å². The van der Waals surface area contributed by atoms with E-state index in [1.165, 1.54) is 10.5 Å². The molecule has 0 aromatic heterocycles. The first kappa shape index (κ1) is 27.0. The number of hydrogen-bond acceptors (Lipinski definition) is 3. The maximum absolute atomic E-state index is 13.2. The van der Waals surface area contributed by atoms with Crippen LogP contribution in [-0.4, -0.2) is 34.9 Å². The average molecular weight is 493 g/mol. The van der Waals surface area contributed by atoms with Crippen LogP contribution in [0, 0.1) is 0 Å². The number of nitrogens with one attached hydrogen (secondary N) is 1. The molecule has 2 aromatic carbocycles. The average Bonchev–Trinajstić information content (AvgIpc) is 2.69. The first-order valence-electron chi connectivity index (χ1n) is 11.0. The fraction of sp³-hybridized carbons (Fsp3) is 0.462. The summed E-state index contributed by atoms with van der Waals surface area (Å²) in [6.45, 7) is 13.7. The van der Waals surface area contributed by atoms with Gasteiger partial charge in [-0.15, -0.1) is 0 Å². The Hall–Kier alpha value is -2.24. The Morgan fingerprint density at radius 3 is 2.12 bits per heavy atom. The highest BCUT2D eigenvalue weighted by atomic mass is 35.5. The Labute approximate surface area is 207 Å². The highest BCUT2D eigenvalue weighted by molar-refractivity contribution is 6.35. The summed E-state index contributed by atoms with van der Waals surface area (Å²) in [5.41, 5.74) is 1.47. The van der Waals surface area contributed by atoms with E-state index >= 15 is 0 Å². The molecular formula is C26H34Cl2N2O3. The molecule has 0 fully saturated rings. The zero-order chi connectivity index (χ0) is 25.0. The fourth-order valence-electron chi connectivity index (χ4n) is 3.17. The molecule has 1 N–H and O–H groups in total. The maximum Gasteiger partial charge on any atom is 0.261 e. The van der Waals surface area contributed by atoms with Crippen LogP contribution in [0.25, 0.3) is 0 Å². The molecule has 0 bridgehead atoms. The number of carbonyl (C=O) groups excluding carboxylic acids is 2. The van der Waals surface area contributed by atoms with Crippen LogP contribution in [0.2, 0.25) is 10.0 Å². The Morgan fingerprint density at radius 2 is 1.61 bits per heavy atom. The van der Waals surface area contributed by atoms with Gasteiger partial charge in [0.1, 0.15) is 11.8 Å². The summed E-state index contributed by atoms with van der Waals surface area (Å²) in [6, 6.07) is 12.0. The largest absolute Gasteiger partial charge is 0.484 e. The summed E-state index contributed by atoms with van der Waals surface area (Å²) in [4.78, 5) is 27.5. The SMILES string of the molecule is C[C@@H](C(=O)NC(C)(C)C)N(Cc1ccc(Cl)cc1Cl)C(=O)COc1ccc(C(C)(C)C)cc1. The quantitative estimate of drug-likeness (QED) is 0.515. The van der Waals surface area contributed by atoms with Crippen molar-refractivity contribution in [3.63, 3.8) is 0 Å². The Bertz CT molecular complexity index is 977. The van der Waals surface area contributed by atoms with Gasteiger partial charge in [-0.3, -0.25) is 9.59 Å². The standard InChI is InChI=1S/C26H34Cl2N2O3/c1-17(24(32)29-26(5,6)7)30(15-18-8-11-20(27)14-22(18)28)23(31)16-33-21-12-9-19(10-13-21)25(2,3)4/h8-14,17H,15-16H2,1-7H3,(H,29,32)/t17-/m0/s1. The third kappa shape index (κ3) is 8.24. The number of carbonyl (C=O) groups is 2. The molecule has 2 amide bonds. The van der Waals surface area contributed by atoms with Crippen molar-refractivity contribution in [2.45, 2.75) is 72.0 Å². The minimum Gasteiger partial charge on any atom is -0.484 e. The van der Waals surface area contributed by atoms with Gasteiger partial charge >= 0.3 is 0 Å². The third-order valence-corrected chi connectivity index (χ3v) is 5.69. The van der Waals surface area contributed by atoms with Crippen molar-refractivity contribution in [1.82, 2.24) is 10.2 Å². The van der Waals surface area contributed by atoms with Gasteiger partial charge in [-0.25, -0.2) is 0 Å². The molecule has 5 nitrogen and oxygen atoms in total. The van der Waals surface area contributed by atoms with E-state index in [9.17, 15) is 9.59 Å². The van der Waals surface area contributed by atoms with Crippen LogP contribution < -0.4 is 10.1 Å². The van der Waals surface area contributed by atoms with Gasteiger partial charge in [0.05, 0.1) is 0 Å². The smallest absolute Gasteiger partial charge is 0.261 e. The summed E-state index contributed by atoms with van der Waals surface area (Å²) in [5, 5.41) is 3.86. The van der Waals surface area contributed by atoms with E-state index in [0.717, 1.165) is 0 Å². The van der Waals surface area contributed by atoms with Crippen LogP contribution in [0.4, 0.5) is 0 Å². The summed E-state index contributed by atoms with van der Waals surface area (Å²) >= 11 is 12.3. The summed E-state index contributed by atoms with van der Waals surface area (Å²) in [7, 11) is 0. The molecule has 1 atom stereocenters. The molecule has 33 heavy (non-hydrogen) atoms. The number of hydrogen-bond donors (Lipinski definition) is 1. The van der Waals surface area contributed by atoms with Gasteiger partial charge in [0, 0.05) is 22.1 Å². The van der Waals surface area contributed by atoms with E-state index in [-0.39, 0.29) is 30.4 Å². The molecule has 0 heterocycles. The zero-order valence-corrected chi connectivity index (χ0v) is 22.0. The van der Waals surface area contributed by atoms with E-state index < -0.39 is 11.6 Å². The molecule has 0 aliphatic carbocycles. The van der Waals surface area contributed by atoms with E-state index in [2.05, 4.69) is 26.1 Å². The molecule has 0 unspecified atom stereocenters. The molecule has 2 aromatic rings. The van der Waals surface area contributed by atoms with Crippen molar-refractivity contribution in [1.29, 1.82) is 0 Å². The van der Waals surface area contributed by atoms with Crippen LogP contribution in [0.15, 0.2) is 42.5 Å². The van der Waals surface area contributed by atoms with E-state index in [0.29, 0.717) is 21.4 Å². The normalized spacial score (nSPS) is 12.8. The summed E-state index contributed by atoms with van der Waals surface area (Å²) < 4.78 is 5.76. The lowest BCUT2D eigenvalue weighted by molar-refractivity contribution is -0.142. The van der Waals surface area contributed by atoms with Gasteiger partial charge in [0.2, 0.25) is 5.91 Å². The molecule has 0 saturated carbocycles. The highest BCUT2D eigenvalue weighted by Gasteiger charge is 2.29. The van der Waals surface area contributed by atoms with E-state index in [4.69, 9.17) is 27.9 Å². The van der Waals surface area contributed by atoms with Gasteiger partial charge in [0.15, 0.2) is 6.61 Å². The molecule has 0 saturated heterocycles. The van der Waals surface area contributed by atoms with E-state index in [1.807, 2.05) is 45.0 Å². The van der Waals surface area contributed by atoms with Gasteiger partial charge in [0.25, 0.3) is 5.91 Å². The molecule has 0 spiro atoms. The van der Waals surface area contributed by atoms with Gasteiger partial charge in [-0.1, -0.05) is 62.2 Å². The lowest BCUT2D eigenvalue weighted by Gasteiger charge is -2.31. The molecule has 0 aliphatic heterocycles. The highest BCUT2D eigenvalue weighted by Crippen LogP contribution is 2.25. The Balaban J connectivity index is 2.20. The van der Waals surface area contributed by atoms with Crippen LogP contribution in [-0.2, 0) is 21.5 Å². The van der Waals surface area contributed by atoms with Crippen molar-refractivity contribution in [3.05, 3.63) is 63.6 Å². The first-order chi connectivity index (χ1) is 15.2. The predicted molar refractivity (Wildman–Crippen MR) is 135 cm³/mol. The van der Waals surface area contributed by atoms with Crippen molar-refractivity contribution in [3.8, 4) is 5.75 Å². The minimum absolute atomic E-state index is 0.0266. The maximum atomic E-state index is 13.2. The summed E-state index contributed by atoms with van der Waals surface area (Å²) in [5.74, 6) is 0.0144. The zero-order valence-electron chi connectivity index (χ0n) is 20.5. The number of ether oxygens (including phenoxy) is 1. The van der Waals surface area contributed by atoms with Crippen LogP contribution >= 0.6 is 23.2 Å². The van der Waals surface area contributed by atoms with Crippen LogP contribution in [0.5, 0.6) is 5.75 Å². The summed E-state index contributed by atoms with van der Waals surface area (Å²) in [6.07, 6.45) is 0. The number of amides is 2. The Kier molecular flexibility index (Phi) is 8.83. The second-order valence-corrected chi connectivity index (χ2v) is 11.1. The lowest BCUT2D eigenvalue weighted by Crippen LogP contribution is -2.53. The number of halogens is 2. The molecular weight excluding hydrogens is 459 g/mol. The molecule has 0 radical (unpaired) electrons. The van der Waals surface area contributed by atoms with Crippen LogP contribution in [0.1, 0.15) is 59.6 Å². The van der Waals surface area contributed by atoms with Crippen LogP contribution in [0.3, 0.4) is 0 Å².